The predicted octanol–water partition coefficient (Wildman–Crippen LogP) is 19.4. The molecule has 0 atom stereocenters. The maximum atomic E-state index is 11.8. The quantitative estimate of drug-likeness (QED) is 0.0165. The van der Waals surface area contributed by atoms with Crippen LogP contribution in [0.2, 0.25) is 25.1 Å². The average molecular weight is 1900 g/mol. The van der Waals surface area contributed by atoms with Crippen LogP contribution >= 0.6 is 130 Å². The second kappa shape index (κ2) is 50.4. The van der Waals surface area contributed by atoms with E-state index in [1.54, 1.807) is 94.5 Å². The topological polar surface area (TPSA) is 425 Å². The molecule has 0 unspecified atom stereocenters. The molecule has 32 nitrogen and oxygen atoms in total. The minimum atomic E-state index is -0.171. The number of H-pyrrole nitrogens is 2. The number of carbonyl (C=O) groups is 2. The van der Waals surface area contributed by atoms with E-state index in [1.165, 1.54) is 79.9 Å². The number of nitrogens with two attached hydrogens (primary N) is 1. The van der Waals surface area contributed by atoms with Gasteiger partial charge in [-0.3, -0.25) is 33.5 Å². The summed E-state index contributed by atoms with van der Waals surface area (Å²) in [5, 5.41) is 57.8. The molecule has 0 saturated carbocycles. The Labute approximate surface area is 779 Å². The maximum Gasteiger partial charge on any atom is 0.247 e. The minimum absolute atomic E-state index is 0.00296. The summed E-state index contributed by atoms with van der Waals surface area (Å²) >= 11 is 57.6. The molecule has 0 radical (unpaired) electrons. The van der Waals surface area contributed by atoms with Crippen LogP contribution in [0.15, 0.2) is 282 Å². The van der Waals surface area contributed by atoms with Crippen LogP contribution in [0, 0.1) is 34.7 Å². The molecule has 7 aromatic carbocycles. The van der Waals surface area contributed by atoms with Crippen LogP contribution in [0.25, 0.3) is 74.5 Å². The highest BCUT2D eigenvalue weighted by Crippen LogP contribution is 2.34. The molecule has 127 heavy (non-hydrogen) atoms. The molecule has 10 heterocycles. The number of thiocarbonyl (C=S) groups is 2. The van der Waals surface area contributed by atoms with Gasteiger partial charge in [0.05, 0.1) is 83.6 Å². The third kappa shape index (κ3) is 28.5. The number of isothiocyanates is 1. The zero-order valence-corrected chi connectivity index (χ0v) is 75.1. The van der Waals surface area contributed by atoms with Crippen molar-refractivity contribution in [2.75, 3.05) is 18.4 Å². The number of aryl methyl sites for hydroxylation is 2. The van der Waals surface area contributed by atoms with Gasteiger partial charge in [-0.2, -0.15) is 20.5 Å². The van der Waals surface area contributed by atoms with Crippen molar-refractivity contribution < 1.29 is 18.4 Å². The Morgan fingerprint density at radius 3 is 1.33 bits per heavy atom. The first-order valence-electron chi connectivity index (χ1n) is 36.8. The number of ketones is 2. The van der Waals surface area contributed by atoms with Gasteiger partial charge in [0.25, 0.3) is 0 Å². The van der Waals surface area contributed by atoms with Crippen molar-refractivity contribution in [3.8, 4) is 80.6 Å². The number of anilines is 1. The summed E-state index contributed by atoms with van der Waals surface area (Å²) in [6, 6.07) is 62.7. The normalized spacial score (nSPS) is 10.1. The lowest BCUT2D eigenvalue weighted by Gasteiger charge is -2.11. The van der Waals surface area contributed by atoms with Crippen molar-refractivity contribution in [1.29, 1.82) is 5.26 Å². The Hall–Kier alpha value is -13.6. The number of aromatic nitrogens is 23. The fourth-order valence-electron chi connectivity index (χ4n) is 10.3. The third-order valence-electron chi connectivity index (χ3n) is 16.1. The van der Waals surface area contributed by atoms with E-state index in [9.17, 15) is 9.59 Å². The Morgan fingerprint density at radius 2 is 0.913 bits per heavy atom. The fraction of sp³-hybridized carbons (Fsp3) is 0.0833. The number of alkyl halides is 1. The van der Waals surface area contributed by atoms with Gasteiger partial charge >= 0.3 is 0 Å². The summed E-state index contributed by atoms with van der Waals surface area (Å²) in [5.41, 5.74) is 15.6. The van der Waals surface area contributed by atoms with Crippen LogP contribution in [-0.2, 0) is 11.6 Å². The molecule has 43 heteroatoms. The first kappa shape index (κ1) is 95.7. The van der Waals surface area contributed by atoms with Gasteiger partial charge in [0.15, 0.2) is 48.9 Å². The molecule has 17 rings (SSSR count). The molecule has 0 amide bonds. The predicted molar refractivity (Wildman–Crippen MR) is 500 cm³/mol. The summed E-state index contributed by atoms with van der Waals surface area (Å²) in [7, 11) is 0. The van der Waals surface area contributed by atoms with E-state index in [0.717, 1.165) is 28.2 Å². The minimum Gasteiger partial charge on any atom is -0.420 e. The zero-order valence-electron chi connectivity index (χ0n) is 66.5. The van der Waals surface area contributed by atoms with Crippen molar-refractivity contribution in [3.05, 3.63) is 332 Å². The van der Waals surface area contributed by atoms with Crippen molar-refractivity contribution in [2.45, 2.75) is 37.6 Å². The largest absolute Gasteiger partial charge is 0.420 e. The number of carbonyl (C=O) groups excluding carboxylic acids is 2. The van der Waals surface area contributed by atoms with Gasteiger partial charge in [0.1, 0.15) is 66.0 Å². The van der Waals surface area contributed by atoms with E-state index in [-0.39, 0.29) is 30.5 Å². The molecule has 10 aromatic heterocycles. The summed E-state index contributed by atoms with van der Waals surface area (Å²) in [5.74, 6) is 4.03. The summed E-state index contributed by atoms with van der Waals surface area (Å²) in [4.78, 5) is 65.7. The number of rotatable bonds is 19. The van der Waals surface area contributed by atoms with Gasteiger partial charge in [-0.05, 0) is 178 Å². The van der Waals surface area contributed by atoms with Crippen LogP contribution in [0.3, 0.4) is 0 Å². The number of nitriles is 1. The van der Waals surface area contributed by atoms with Crippen LogP contribution in [0.5, 0.6) is 0 Å². The van der Waals surface area contributed by atoms with E-state index in [4.69, 9.17) is 126 Å². The number of thioether (sulfide) groups is 1. The number of nitrogens with zero attached hydrogens (tertiary/aromatic N) is 23. The Morgan fingerprint density at radius 1 is 0.504 bits per heavy atom. The highest BCUT2D eigenvalue weighted by atomic mass is 35.5. The number of halogens is 6. The smallest absolute Gasteiger partial charge is 0.247 e. The van der Waals surface area contributed by atoms with Crippen LogP contribution in [0.1, 0.15) is 50.8 Å². The van der Waals surface area contributed by atoms with E-state index >= 15 is 0 Å². The van der Waals surface area contributed by atoms with E-state index in [0.29, 0.717) is 132 Å². The second-order valence-corrected chi connectivity index (χ2v) is 29.3. The third-order valence-corrected chi connectivity index (χ3v) is 19.8. The SMILES string of the molecule is CC#N.Cc1ccc(-c2nnc(CCl)o2)cc1.Cc1ccc(-c2nnc(CSc3nnc(-c4ccncn4)n3-c3ccccc3Cl)o2)cc1.NCC(=O)c1ccncn1.O=C(CNC(=S)Nc1ccccc1Cl)c1ccncn1.S=C=Nc1ccccc1Cl.S=c1[nH]nc(-c2ccncn2)n1-c1ccccc1Cl.S=c1[nH]nc(-c2ccncn2)n1-c1ccccc1Cl. The Balaban J connectivity index is 0.000000159. The van der Waals surface area contributed by atoms with Crippen molar-refractivity contribution in [2.24, 2.45) is 10.7 Å². The molecule has 0 aliphatic rings. The monoisotopic (exact) mass is 1900 g/mol. The lowest BCUT2D eigenvalue weighted by molar-refractivity contribution is 0.0986. The number of Topliss-reactive ketones (excluding diaryl/α,β-unsaturated/α-hetero) is 2. The Kier molecular flexibility index (Phi) is 38.0. The number of aromatic amines is 2. The molecule has 638 valence electrons. The van der Waals surface area contributed by atoms with Crippen molar-refractivity contribution >= 4 is 163 Å². The average Bonchev–Trinajstić information content (AvgIpc) is 1.65. The highest BCUT2D eigenvalue weighted by Gasteiger charge is 2.22. The zero-order chi connectivity index (χ0) is 90.2. The number of hydrogen-bond acceptors (Lipinski definition) is 30. The summed E-state index contributed by atoms with van der Waals surface area (Å²) in [6.45, 7) is 5.54. The fourth-order valence-corrected chi connectivity index (χ4v) is 12.9. The standard InChI is InChI=1S/C22H16ClN7OS.C13H11ClN4OS.2C12H8ClN5S.C10H9ClN2O.C7H4ClNS.C6H7N3O.C2H3N/c1-14-6-8-15(9-7-14)21-28-26-19(31-21)12-32-22-29-27-20(17-10-11-24-13-25-17)30(22)18-5-3-2-4-16(18)23;14-9-3-1-2-4-10(9)18-13(20)16-7-12(19)11-5-6-15-8-17-11;2*13-8-3-1-2-4-10(8)18-11(16-17-12(18)19)9-5-6-14-7-15-9;1-7-2-4-8(5-3-7)10-13-12-9(6-11)14-10;8-6-3-1-2-4-7(6)9-5-10;7-3-6(10)5-1-2-8-4-9-5;1-2-3/h2-11,13H,12H2,1H3;1-6,8H,7H2,(H2,16,18,20);2*1-7H,(H,17,19);2-5H,6H2,1H3;1-4H;1-2,4H,3,7H2;1H3. The van der Waals surface area contributed by atoms with Gasteiger partial charge in [-0.1, -0.05) is 166 Å². The van der Waals surface area contributed by atoms with Gasteiger partial charge in [0.2, 0.25) is 23.6 Å². The Bertz CT molecular complexity index is 6500. The number of hydrogen-bond donors (Lipinski definition) is 5. The van der Waals surface area contributed by atoms with E-state index in [1.807, 2.05) is 152 Å². The molecule has 0 bridgehead atoms. The van der Waals surface area contributed by atoms with Crippen LogP contribution in [0.4, 0.5) is 11.4 Å². The summed E-state index contributed by atoms with van der Waals surface area (Å²) < 4.78 is 17.4. The first-order chi connectivity index (χ1) is 61.8. The molecule has 0 saturated heterocycles. The van der Waals surface area contributed by atoms with Crippen molar-refractivity contribution in [1.82, 2.24) is 120 Å². The lowest BCUT2D eigenvalue weighted by atomic mass is 10.1. The molecule has 0 aliphatic carbocycles. The van der Waals surface area contributed by atoms with E-state index in [2.05, 4.69) is 134 Å². The lowest BCUT2D eigenvalue weighted by Crippen LogP contribution is -2.33. The van der Waals surface area contributed by atoms with E-state index < -0.39 is 0 Å². The number of nitrogens with one attached hydrogen (secondary N) is 4. The first-order valence-corrected chi connectivity index (χ1v) is 41.9. The van der Waals surface area contributed by atoms with Crippen LogP contribution < -0.4 is 16.4 Å². The molecule has 0 fully saturated rings. The van der Waals surface area contributed by atoms with Gasteiger partial charge in [0, 0.05) is 49.0 Å². The van der Waals surface area contributed by atoms with Gasteiger partial charge in [-0.15, -0.1) is 42.2 Å². The van der Waals surface area contributed by atoms with Crippen molar-refractivity contribution in [3.63, 3.8) is 0 Å². The molecule has 0 spiro atoms. The number of para-hydroxylation sites is 5. The summed E-state index contributed by atoms with van der Waals surface area (Å²) in [6.07, 6.45) is 15.0. The second-order valence-electron chi connectivity index (χ2n) is 24.7. The maximum absolute atomic E-state index is 11.8. The molecular formula is C84H66Cl6N28O4S5. The van der Waals surface area contributed by atoms with Crippen LogP contribution in [-0.4, -0.2) is 149 Å². The molecule has 0 aliphatic heterocycles. The highest BCUT2D eigenvalue weighted by molar-refractivity contribution is 7.98. The molecule has 17 aromatic rings. The van der Waals surface area contributed by atoms with Gasteiger partial charge < -0.3 is 25.2 Å². The number of aliphatic imine (C=N–C) groups is 1. The molecular weight excluding hydrogens is 1840 g/mol. The number of benzene rings is 7. The van der Waals surface area contributed by atoms with Gasteiger partial charge in [-0.25, -0.2) is 49.8 Å². The molecule has 6 N–H and O–H groups in total.